The molecule has 2 aromatic rings. The number of carboxylic acid groups (broad SMARTS) is 1. The highest BCUT2D eigenvalue weighted by molar-refractivity contribution is 6.12. The maximum Gasteiger partial charge on any atom is 0.336 e. The predicted molar refractivity (Wildman–Crippen MR) is 81.5 cm³/mol. The van der Waals surface area contributed by atoms with Crippen molar-refractivity contribution >= 4 is 23.5 Å². The molecule has 2 aromatic carbocycles. The summed E-state index contributed by atoms with van der Waals surface area (Å²) in [6.07, 6.45) is 2.25. The van der Waals surface area contributed by atoms with Gasteiger partial charge < -0.3 is 10.2 Å². The molecule has 0 fully saturated rings. The molecule has 7 nitrogen and oxygen atoms in total. The number of carbonyl (C=O) groups is 2. The van der Waals surface area contributed by atoms with E-state index in [0.717, 1.165) is 24.3 Å². The van der Waals surface area contributed by atoms with Crippen molar-refractivity contribution in [3.05, 3.63) is 75.3 Å². The number of allylic oxidation sites excluding steroid dienone is 1. The molecule has 0 amide bonds. The van der Waals surface area contributed by atoms with Gasteiger partial charge in [0.1, 0.15) is 5.75 Å². The maximum absolute atomic E-state index is 12.1. The van der Waals surface area contributed by atoms with Crippen molar-refractivity contribution in [3.8, 4) is 5.75 Å². The highest BCUT2D eigenvalue weighted by Crippen LogP contribution is 2.24. The average molecular weight is 313 g/mol. The number of benzene rings is 2. The topological polar surface area (TPSA) is 118 Å². The molecule has 7 heteroatoms. The quantitative estimate of drug-likeness (QED) is 0.379. The van der Waals surface area contributed by atoms with E-state index >= 15 is 0 Å². The van der Waals surface area contributed by atoms with Crippen LogP contribution in [0.2, 0.25) is 0 Å². The first kappa shape index (κ1) is 15.9. The zero-order valence-corrected chi connectivity index (χ0v) is 11.7. The molecule has 0 aliphatic heterocycles. The SMILES string of the molecule is O=C(O)c1ccccc1C(=O)C=Cc1cc([N+](=O)[O-])ccc1O. The number of ketones is 1. The number of carbonyl (C=O) groups excluding carboxylic acids is 1. The summed E-state index contributed by atoms with van der Waals surface area (Å²) >= 11 is 0. The third-order valence-corrected chi connectivity index (χ3v) is 3.06. The van der Waals surface area contributed by atoms with Gasteiger partial charge in [-0.15, -0.1) is 0 Å². The third-order valence-electron chi connectivity index (χ3n) is 3.06. The number of aromatic hydroxyl groups is 1. The fraction of sp³-hybridized carbons (Fsp3) is 0. The largest absolute Gasteiger partial charge is 0.507 e. The number of nitro benzene ring substituents is 1. The molecule has 2 rings (SSSR count). The Bertz CT molecular complexity index is 825. The van der Waals surface area contributed by atoms with E-state index in [-0.39, 0.29) is 28.1 Å². The Hall–Kier alpha value is -3.48. The number of phenolic OH excluding ortho intramolecular Hbond substituents is 1. The van der Waals surface area contributed by atoms with Gasteiger partial charge in [0.25, 0.3) is 5.69 Å². The fourth-order valence-corrected chi connectivity index (χ4v) is 1.93. The number of carboxylic acids is 1. The van der Waals surface area contributed by atoms with Gasteiger partial charge in [0, 0.05) is 23.3 Å². The summed E-state index contributed by atoms with van der Waals surface area (Å²) in [6, 6.07) is 9.08. The number of non-ortho nitro benzene ring substituents is 1. The van der Waals surface area contributed by atoms with Gasteiger partial charge >= 0.3 is 5.97 Å². The van der Waals surface area contributed by atoms with Crippen LogP contribution in [-0.2, 0) is 0 Å². The van der Waals surface area contributed by atoms with Crippen LogP contribution in [0.15, 0.2) is 48.5 Å². The van der Waals surface area contributed by atoms with Gasteiger partial charge in [0.05, 0.1) is 10.5 Å². The lowest BCUT2D eigenvalue weighted by Crippen LogP contribution is -2.06. The molecule has 0 saturated carbocycles. The molecule has 116 valence electrons. The molecule has 0 bridgehead atoms. The van der Waals surface area contributed by atoms with E-state index in [1.807, 2.05) is 0 Å². The molecule has 0 aliphatic carbocycles. The molecular formula is C16H11NO6. The molecule has 0 spiro atoms. The van der Waals surface area contributed by atoms with Crippen molar-refractivity contribution in [2.45, 2.75) is 0 Å². The van der Waals surface area contributed by atoms with Crippen molar-refractivity contribution < 1.29 is 24.7 Å². The molecule has 0 heterocycles. The molecule has 0 aliphatic rings. The number of hydrogen-bond acceptors (Lipinski definition) is 5. The van der Waals surface area contributed by atoms with E-state index in [0.29, 0.717) is 0 Å². The first-order chi connectivity index (χ1) is 10.9. The molecule has 0 saturated heterocycles. The Morgan fingerprint density at radius 2 is 1.74 bits per heavy atom. The van der Waals surface area contributed by atoms with E-state index < -0.39 is 16.7 Å². The van der Waals surface area contributed by atoms with E-state index in [2.05, 4.69) is 0 Å². The van der Waals surface area contributed by atoms with Crippen LogP contribution < -0.4 is 0 Å². The molecule has 0 radical (unpaired) electrons. The van der Waals surface area contributed by atoms with Crippen LogP contribution in [0.3, 0.4) is 0 Å². The second kappa shape index (κ2) is 6.52. The van der Waals surface area contributed by atoms with E-state index in [1.54, 1.807) is 0 Å². The first-order valence-corrected chi connectivity index (χ1v) is 6.42. The lowest BCUT2D eigenvalue weighted by Gasteiger charge is -2.02. The first-order valence-electron chi connectivity index (χ1n) is 6.42. The second-order valence-electron chi connectivity index (χ2n) is 4.55. The van der Waals surface area contributed by atoms with Gasteiger partial charge in [-0.3, -0.25) is 14.9 Å². The summed E-state index contributed by atoms with van der Waals surface area (Å²) in [7, 11) is 0. The number of phenols is 1. The smallest absolute Gasteiger partial charge is 0.336 e. The highest BCUT2D eigenvalue weighted by Gasteiger charge is 2.14. The predicted octanol–water partition coefficient (Wildman–Crippen LogP) is 2.89. The van der Waals surface area contributed by atoms with Gasteiger partial charge in [-0.05, 0) is 24.3 Å². The monoisotopic (exact) mass is 313 g/mol. The summed E-state index contributed by atoms with van der Waals surface area (Å²) < 4.78 is 0. The van der Waals surface area contributed by atoms with Crippen molar-refractivity contribution in [3.63, 3.8) is 0 Å². The second-order valence-corrected chi connectivity index (χ2v) is 4.55. The van der Waals surface area contributed by atoms with E-state index in [9.17, 15) is 24.8 Å². The molecule has 23 heavy (non-hydrogen) atoms. The molecule has 0 aromatic heterocycles. The van der Waals surface area contributed by atoms with Crippen molar-refractivity contribution in [2.24, 2.45) is 0 Å². The summed E-state index contributed by atoms with van der Waals surface area (Å²) in [4.78, 5) is 33.3. The van der Waals surface area contributed by atoms with Gasteiger partial charge in [0.15, 0.2) is 5.78 Å². The standard InChI is InChI=1S/C16H11NO6/c18-14-8-6-11(17(22)23)9-10(14)5-7-15(19)12-3-1-2-4-13(12)16(20)21/h1-9,18H,(H,20,21). The Morgan fingerprint density at radius 3 is 2.35 bits per heavy atom. The van der Waals surface area contributed by atoms with Crippen molar-refractivity contribution in [2.75, 3.05) is 0 Å². The van der Waals surface area contributed by atoms with Crippen LogP contribution in [0.25, 0.3) is 6.08 Å². The van der Waals surface area contributed by atoms with E-state index in [1.165, 1.54) is 30.3 Å². The number of aromatic carboxylic acids is 1. The zero-order valence-electron chi connectivity index (χ0n) is 11.7. The number of hydrogen-bond donors (Lipinski definition) is 2. The number of nitro groups is 1. The Balaban J connectivity index is 2.34. The van der Waals surface area contributed by atoms with Crippen molar-refractivity contribution in [1.82, 2.24) is 0 Å². The van der Waals surface area contributed by atoms with Crippen LogP contribution in [-0.4, -0.2) is 26.9 Å². The summed E-state index contributed by atoms with van der Waals surface area (Å²) in [6.45, 7) is 0. The van der Waals surface area contributed by atoms with Gasteiger partial charge in [0.2, 0.25) is 0 Å². The summed E-state index contributed by atoms with van der Waals surface area (Å²) in [5, 5.41) is 29.4. The van der Waals surface area contributed by atoms with Crippen LogP contribution in [0, 0.1) is 10.1 Å². The lowest BCUT2D eigenvalue weighted by atomic mass is 10.0. The van der Waals surface area contributed by atoms with Crippen LogP contribution in [0.1, 0.15) is 26.3 Å². The minimum Gasteiger partial charge on any atom is -0.507 e. The van der Waals surface area contributed by atoms with Crippen LogP contribution in [0.4, 0.5) is 5.69 Å². The average Bonchev–Trinajstić information content (AvgIpc) is 2.53. The third kappa shape index (κ3) is 3.59. The molecule has 0 atom stereocenters. The fourth-order valence-electron chi connectivity index (χ4n) is 1.93. The highest BCUT2D eigenvalue weighted by atomic mass is 16.6. The van der Waals surface area contributed by atoms with Crippen LogP contribution >= 0.6 is 0 Å². The van der Waals surface area contributed by atoms with Gasteiger partial charge in [-0.1, -0.05) is 18.2 Å². The van der Waals surface area contributed by atoms with Gasteiger partial charge in [-0.25, -0.2) is 4.79 Å². The van der Waals surface area contributed by atoms with Crippen molar-refractivity contribution in [1.29, 1.82) is 0 Å². The number of nitrogens with zero attached hydrogens (tertiary/aromatic N) is 1. The van der Waals surface area contributed by atoms with Crippen LogP contribution in [0.5, 0.6) is 5.75 Å². The Morgan fingerprint density at radius 1 is 1.09 bits per heavy atom. The maximum atomic E-state index is 12.1. The molecule has 0 unspecified atom stereocenters. The number of rotatable bonds is 5. The molecular weight excluding hydrogens is 302 g/mol. The van der Waals surface area contributed by atoms with E-state index in [4.69, 9.17) is 5.11 Å². The summed E-state index contributed by atoms with van der Waals surface area (Å²) in [5.41, 5.74) is -0.312. The van der Waals surface area contributed by atoms with Gasteiger partial charge in [-0.2, -0.15) is 0 Å². The molecule has 2 N–H and O–H groups in total. The minimum atomic E-state index is -1.24. The Kier molecular flexibility index (Phi) is 4.51. The zero-order chi connectivity index (χ0) is 17.0. The summed E-state index contributed by atoms with van der Waals surface area (Å²) in [5.74, 6) is -2.05. The lowest BCUT2D eigenvalue weighted by molar-refractivity contribution is -0.384. The normalized spacial score (nSPS) is 10.6. The Labute approximate surface area is 130 Å². The minimum absolute atomic E-state index is 0.0128.